The van der Waals surface area contributed by atoms with Crippen molar-refractivity contribution in [2.24, 2.45) is 5.41 Å². The molecule has 1 aliphatic rings. The SMILES string of the molecule is CN(CC(C)(C)C)S(=O)(=O)c1cc(C(=O)O)n(C2CC2)c1. The van der Waals surface area contributed by atoms with Crippen LogP contribution in [0.4, 0.5) is 0 Å². The number of rotatable bonds is 5. The van der Waals surface area contributed by atoms with E-state index in [9.17, 15) is 18.3 Å². The standard InChI is InChI=1S/C14H22N2O4S/c1-14(2,3)9-15(4)21(19,20)11-7-12(13(17)18)16(8-11)10-5-6-10/h7-8,10H,5-6,9H2,1-4H3,(H,17,18). The van der Waals surface area contributed by atoms with Gasteiger partial charge in [-0.3, -0.25) is 0 Å². The molecule has 1 saturated carbocycles. The molecule has 0 bridgehead atoms. The minimum Gasteiger partial charge on any atom is -0.477 e. The van der Waals surface area contributed by atoms with Crippen LogP contribution in [0.1, 0.15) is 50.1 Å². The number of aromatic nitrogens is 1. The van der Waals surface area contributed by atoms with Crippen molar-refractivity contribution in [2.75, 3.05) is 13.6 Å². The van der Waals surface area contributed by atoms with Crippen LogP contribution < -0.4 is 0 Å². The predicted molar refractivity (Wildman–Crippen MR) is 78.9 cm³/mol. The molecule has 0 aliphatic heterocycles. The molecule has 118 valence electrons. The van der Waals surface area contributed by atoms with Gasteiger partial charge in [0.1, 0.15) is 10.6 Å². The number of aromatic carboxylic acids is 1. The molecule has 0 spiro atoms. The number of sulfonamides is 1. The predicted octanol–water partition coefficient (Wildman–Crippen LogP) is 2.19. The summed E-state index contributed by atoms with van der Waals surface area (Å²) < 4.78 is 28.0. The third-order valence-electron chi connectivity index (χ3n) is 3.39. The van der Waals surface area contributed by atoms with E-state index in [0.717, 1.165) is 12.8 Å². The Morgan fingerprint density at radius 3 is 2.43 bits per heavy atom. The zero-order valence-electron chi connectivity index (χ0n) is 12.8. The summed E-state index contributed by atoms with van der Waals surface area (Å²) in [5.74, 6) is -1.10. The summed E-state index contributed by atoms with van der Waals surface area (Å²) in [5.41, 5.74) is -0.128. The minimum atomic E-state index is -3.66. The molecule has 0 atom stereocenters. The Balaban J connectivity index is 2.36. The van der Waals surface area contributed by atoms with E-state index in [-0.39, 0.29) is 22.0 Å². The van der Waals surface area contributed by atoms with E-state index in [2.05, 4.69) is 0 Å². The Bertz CT molecular complexity index is 651. The summed E-state index contributed by atoms with van der Waals surface area (Å²) in [6, 6.07) is 1.38. The highest BCUT2D eigenvalue weighted by Gasteiger charge is 2.32. The van der Waals surface area contributed by atoms with E-state index in [1.807, 2.05) is 20.8 Å². The lowest BCUT2D eigenvalue weighted by molar-refractivity contribution is 0.0685. The summed E-state index contributed by atoms with van der Waals surface area (Å²) in [6.45, 7) is 6.23. The summed E-state index contributed by atoms with van der Waals surface area (Å²) in [7, 11) is -2.14. The van der Waals surface area contributed by atoms with Crippen LogP contribution in [0, 0.1) is 5.41 Å². The average molecular weight is 314 g/mol. The lowest BCUT2D eigenvalue weighted by atomic mass is 9.97. The van der Waals surface area contributed by atoms with Gasteiger partial charge in [-0.15, -0.1) is 0 Å². The maximum Gasteiger partial charge on any atom is 0.352 e. The Labute approximate surface area is 125 Å². The molecule has 1 N–H and O–H groups in total. The zero-order valence-corrected chi connectivity index (χ0v) is 13.6. The molecule has 21 heavy (non-hydrogen) atoms. The topological polar surface area (TPSA) is 79.6 Å². The van der Waals surface area contributed by atoms with Crippen LogP contribution in [0.25, 0.3) is 0 Å². The van der Waals surface area contributed by atoms with E-state index in [1.54, 1.807) is 4.57 Å². The Hall–Kier alpha value is -1.34. The molecular formula is C14H22N2O4S. The van der Waals surface area contributed by atoms with Crippen molar-refractivity contribution in [2.45, 2.75) is 44.6 Å². The maximum atomic E-state index is 12.6. The molecular weight excluding hydrogens is 292 g/mol. The molecule has 1 aliphatic carbocycles. The molecule has 0 saturated heterocycles. The third-order valence-corrected chi connectivity index (χ3v) is 5.16. The van der Waals surface area contributed by atoms with Crippen LogP contribution in [0.5, 0.6) is 0 Å². The number of hydrogen-bond acceptors (Lipinski definition) is 3. The molecule has 0 radical (unpaired) electrons. The first-order valence-corrected chi connectivity index (χ1v) is 8.38. The summed E-state index contributed by atoms with van der Waals surface area (Å²) in [4.78, 5) is 11.3. The van der Waals surface area contributed by atoms with Crippen molar-refractivity contribution < 1.29 is 18.3 Å². The molecule has 0 amide bonds. The van der Waals surface area contributed by atoms with Crippen molar-refractivity contribution in [3.8, 4) is 0 Å². The lowest BCUT2D eigenvalue weighted by Crippen LogP contribution is -2.34. The van der Waals surface area contributed by atoms with Gasteiger partial charge in [-0.25, -0.2) is 17.5 Å². The van der Waals surface area contributed by atoms with Crippen LogP contribution in [0.3, 0.4) is 0 Å². The second kappa shape index (κ2) is 5.14. The van der Waals surface area contributed by atoms with Gasteiger partial charge in [-0.1, -0.05) is 20.8 Å². The van der Waals surface area contributed by atoms with E-state index in [4.69, 9.17) is 0 Å². The normalized spacial score (nSPS) is 16.4. The Kier molecular flexibility index (Phi) is 3.92. The first-order chi connectivity index (χ1) is 9.52. The van der Waals surface area contributed by atoms with Crippen LogP contribution in [-0.4, -0.2) is 42.0 Å². The van der Waals surface area contributed by atoms with Crippen LogP contribution in [0.2, 0.25) is 0 Å². The molecule has 0 aromatic carbocycles. The van der Waals surface area contributed by atoms with Gasteiger partial charge < -0.3 is 9.67 Å². The maximum absolute atomic E-state index is 12.6. The van der Waals surface area contributed by atoms with Gasteiger partial charge >= 0.3 is 5.97 Å². The number of carboxylic acid groups (broad SMARTS) is 1. The molecule has 1 heterocycles. The van der Waals surface area contributed by atoms with E-state index in [1.165, 1.54) is 23.6 Å². The Morgan fingerprint density at radius 1 is 1.43 bits per heavy atom. The van der Waals surface area contributed by atoms with Gasteiger partial charge in [0.25, 0.3) is 0 Å². The van der Waals surface area contributed by atoms with Crippen LogP contribution in [0.15, 0.2) is 17.2 Å². The number of carbonyl (C=O) groups is 1. The van der Waals surface area contributed by atoms with E-state index >= 15 is 0 Å². The van der Waals surface area contributed by atoms with Gasteiger partial charge in [0.15, 0.2) is 0 Å². The van der Waals surface area contributed by atoms with Crippen LogP contribution in [-0.2, 0) is 10.0 Å². The van der Waals surface area contributed by atoms with Crippen molar-refractivity contribution in [1.82, 2.24) is 8.87 Å². The number of hydrogen-bond donors (Lipinski definition) is 1. The summed E-state index contributed by atoms with van der Waals surface area (Å²) >= 11 is 0. The van der Waals surface area contributed by atoms with Crippen LogP contribution >= 0.6 is 0 Å². The largest absolute Gasteiger partial charge is 0.477 e. The van der Waals surface area contributed by atoms with Gasteiger partial charge in [-0.2, -0.15) is 0 Å². The highest BCUT2D eigenvalue weighted by molar-refractivity contribution is 7.89. The van der Waals surface area contributed by atoms with Crippen molar-refractivity contribution in [3.63, 3.8) is 0 Å². The van der Waals surface area contributed by atoms with Crippen molar-refractivity contribution >= 4 is 16.0 Å². The molecule has 6 nitrogen and oxygen atoms in total. The van der Waals surface area contributed by atoms with Gasteiger partial charge in [0, 0.05) is 25.8 Å². The fourth-order valence-corrected chi connectivity index (χ4v) is 3.78. The zero-order chi connectivity index (χ0) is 16.0. The monoisotopic (exact) mass is 314 g/mol. The van der Waals surface area contributed by atoms with Gasteiger partial charge in [0.05, 0.1) is 0 Å². The minimum absolute atomic E-state index is 0.0419. The highest BCUT2D eigenvalue weighted by atomic mass is 32.2. The number of nitrogens with zero attached hydrogens (tertiary/aromatic N) is 2. The molecule has 7 heteroatoms. The molecule has 1 fully saturated rings. The first kappa shape index (κ1) is 16.0. The van der Waals surface area contributed by atoms with Gasteiger partial charge in [0.2, 0.25) is 10.0 Å². The van der Waals surface area contributed by atoms with Crippen molar-refractivity contribution in [1.29, 1.82) is 0 Å². The van der Waals surface area contributed by atoms with E-state index in [0.29, 0.717) is 6.54 Å². The second-order valence-corrected chi connectivity index (χ2v) is 8.87. The summed E-state index contributed by atoms with van der Waals surface area (Å²) in [5, 5.41) is 9.22. The molecule has 0 unspecified atom stereocenters. The smallest absolute Gasteiger partial charge is 0.352 e. The molecule has 1 aromatic rings. The average Bonchev–Trinajstić information content (AvgIpc) is 3.04. The number of carboxylic acids is 1. The van der Waals surface area contributed by atoms with Gasteiger partial charge in [-0.05, 0) is 24.3 Å². The fourth-order valence-electron chi connectivity index (χ4n) is 2.35. The fraction of sp³-hybridized carbons (Fsp3) is 0.643. The quantitative estimate of drug-likeness (QED) is 0.903. The van der Waals surface area contributed by atoms with E-state index < -0.39 is 16.0 Å². The first-order valence-electron chi connectivity index (χ1n) is 6.94. The second-order valence-electron chi connectivity index (χ2n) is 6.83. The molecule has 2 rings (SSSR count). The third kappa shape index (κ3) is 3.47. The Morgan fingerprint density at radius 2 is 2.00 bits per heavy atom. The summed E-state index contributed by atoms with van der Waals surface area (Å²) in [6.07, 6.45) is 3.24. The lowest BCUT2D eigenvalue weighted by Gasteiger charge is -2.25. The highest BCUT2D eigenvalue weighted by Crippen LogP contribution is 2.37. The van der Waals surface area contributed by atoms with Crippen molar-refractivity contribution in [3.05, 3.63) is 18.0 Å². The molecule has 1 aromatic heterocycles.